The highest BCUT2D eigenvalue weighted by Gasteiger charge is 2.04. The summed E-state index contributed by atoms with van der Waals surface area (Å²) in [5.41, 5.74) is 1.24. The molecule has 0 saturated heterocycles. The van der Waals surface area contributed by atoms with Crippen LogP contribution in [-0.2, 0) is 6.42 Å². The fourth-order valence-electron chi connectivity index (χ4n) is 1.84. The molecule has 0 atom stereocenters. The molecule has 0 saturated carbocycles. The Labute approximate surface area is 112 Å². The van der Waals surface area contributed by atoms with Crippen LogP contribution in [0.3, 0.4) is 0 Å². The molecule has 1 aromatic rings. The minimum Gasteiger partial charge on any atom is -0.497 e. The van der Waals surface area contributed by atoms with Crippen LogP contribution in [0, 0.1) is 0 Å². The predicted octanol–water partition coefficient (Wildman–Crippen LogP) is 4.20. The third-order valence-electron chi connectivity index (χ3n) is 2.82. The number of methoxy groups -OCH3 is 2. The summed E-state index contributed by atoms with van der Waals surface area (Å²) in [6, 6.07) is 5.99. The first kappa shape index (κ1) is 14.4. The summed E-state index contributed by atoms with van der Waals surface area (Å²) < 4.78 is 10.6. The number of aryl methyl sites for hydroxylation is 1. The van der Waals surface area contributed by atoms with Crippen molar-refractivity contribution < 1.29 is 9.47 Å². The van der Waals surface area contributed by atoms with Crippen molar-refractivity contribution in [3.63, 3.8) is 0 Å². The fourth-order valence-corrected chi connectivity index (χ4v) is 2.24. The standard InChI is InChI=1S/C14H21BrO2/c1-16-13-8-9-14(17-2)12(11-13)7-5-3-4-6-10-15/h8-9,11H,3-7,10H2,1-2H3. The molecule has 1 aromatic carbocycles. The number of rotatable bonds is 8. The van der Waals surface area contributed by atoms with E-state index in [-0.39, 0.29) is 0 Å². The third-order valence-corrected chi connectivity index (χ3v) is 3.38. The van der Waals surface area contributed by atoms with E-state index >= 15 is 0 Å². The number of hydrogen-bond donors (Lipinski definition) is 0. The molecule has 3 heteroatoms. The van der Waals surface area contributed by atoms with E-state index in [1.165, 1.54) is 31.2 Å². The van der Waals surface area contributed by atoms with Crippen LogP contribution in [0.15, 0.2) is 18.2 Å². The van der Waals surface area contributed by atoms with Gasteiger partial charge in [0.2, 0.25) is 0 Å². The number of alkyl halides is 1. The average molecular weight is 301 g/mol. The van der Waals surface area contributed by atoms with Crippen molar-refractivity contribution in [3.05, 3.63) is 23.8 Å². The molecule has 0 spiro atoms. The maximum absolute atomic E-state index is 5.36. The normalized spacial score (nSPS) is 10.3. The second-order valence-corrected chi connectivity index (χ2v) is 4.82. The molecule has 1 rings (SSSR count). The number of ether oxygens (including phenoxy) is 2. The van der Waals surface area contributed by atoms with Gasteiger partial charge in [0.15, 0.2) is 0 Å². The van der Waals surface area contributed by atoms with Crippen LogP contribution in [0.25, 0.3) is 0 Å². The molecule has 0 bridgehead atoms. The molecule has 0 aromatic heterocycles. The largest absolute Gasteiger partial charge is 0.497 e. The zero-order valence-corrected chi connectivity index (χ0v) is 12.3. The van der Waals surface area contributed by atoms with Crippen molar-refractivity contribution in [2.45, 2.75) is 32.1 Å². The molecule has 0 aliphatic carbocycles. The second kappa shape index (κ2) is 8.40. The van der Waals surface area contributed by atoms with Gasteiger partial charge in [0.1, 0.15) is 11.5 Å². The van der Waals surface area contributed by atoms with Gasteiger partial charge in [0.05, 0.1) is 14.2 Å². The number of unbranched alkanes of at least 4 members (excludes halogenated alkanes) is 3. The SMILES string of the molecule is COc1ccc(OC)c(CCCCCCBr)c1. The minimum absolute atomic E-state index is 0.904. The first-order valence-electron chi connectivity index (χ1n) is 6.08. The Morgan fingerprint density at radius 2 is 1.76 bits per heavy atom. The summed E-state index contributed by atoms with van der Waals surface area (Å²) in [6.07, 6.45) is 6.08. The van der Waals surface area contributed by atoms with E-state index < -0.39 is 0 Å². The molecule has 17 heavy (non-hydrogen) atoms. The van der Waals surface area contributed by atoms with E-state index in [4.69, 9.17) is 9.47 Å². The molecule has 0 N–H and O–H groups in total. The Balaban J connectivity index is 2.49. The third kappa shape index (κ3) is 4.99. The van der Waals surface area contributed by atoms with Crippen LogP contribution >= 0.6 is 15.9 Å². The quantitative estimate of drug-likeness (QED) is 0.529. The van der Waals surface area contributed by atoms with Crippen LogP contribution in [0.4, 0.5) is 0 Å². The summed E-state index contributed by atoms with van der Waals surface area (Å²) in [6.45, 7) is 0. The highest BCUT2D eigenvalue weighted by molar-refractivity contribution is 9.09. The maximum atomic E-state index is 5.36. The lowest BCUT2D eigenvalue weighted by Crippen LogP contribution is -1.94. The zero-order valence-electron chi connectivity index (χ0n) is 10.7. The van der Waals surface area contributed by atoms with Gasteiger partial charge in [-0.05, 0) is 43.0 Å². The zero-order chi connectivity index (χ0) is 12.5. The van der Waals surface area contributed by atoms with Gasteiger partial charge < -0.3 is 9.47 Å². The molecule has 0 aliphatic rings. The van der Waals surface area contributed by atoms with Crippen molar-refractivity contribution in [1.29, 1.82) is 0 Å². The van der Waals surface area contributed by atoms with Gasteiger partial charge in [-0.3, -0.25) is 0 Å². The van der Waals surface area contributed by atoms with Gasteiger partial charge >= 0.3 is 0 Å². The van der Waals surface area contributed by atoms with Gasteiger partial charge in [0.25, 0.3) is 0 Å². The van der Waals surface area contributed by atoms with Crippen LogP contribution in [0.1, 0.15) is 31.2 Å². The van der Waals surface area contributed by atoms with Crippen molar-refractivity contribution in [1.82, 2.24) is 0 Å². The molecule has 0 fully saturated rings. The van der Waals surface area contributed by atoms with Crippen molar-refractivity contribution in [2.24, 2.45) is 0 Å². The predicted molar refractivity (Wildman–Crippen MR) is 75.5 cm³/mol. The average Bonchev–Trinajstić information content (AvgIpc) is 2.38. The topological polar surface area (TPSA) is 18.5 Å². The molecular formula is C14H21BrO2. The summed E-state index contributed by atoms with van der Waals surface area (Å²) in [7, 11) is 3.41. The van der Waals surface area contributed by atoms with Gasteiger partial charge in [-0.1, -0.05) is 28.8 Å². The highest BCUT2D eigenvalue weighted by atomic mass is 79.9. The van der Waals surface area contributed by atoms with E-state index in [1.807, 2.05) is 12.1 Å². The fraction of sp³-hybridized carbons (Fsp3) is 0.571. The van der Waals surface area contributed by atoms with Gasteiger partial charge in [-0.2, -0.15) is 0 Å². The number of hydrogen-bond acceptors (Lipinski definition) is 2. The van der Waals surface area contributed by atoms with Crippen LogP contribution in [0.5, 0.6) is 11.5 Å². The molecule has 0 aliphatic heterocycles. The van der Waals surface area contributed by atoms with Crippen molar-refractivity contribution in [2.75, 3.05) is 19.5 Å². The first-order chi connectivity index (χ1) is 8.31. The lowest BCUT2D eigenvalue weighted by Gasteiger charge is -2.10. The van der Waals surface area contributed by atoms with E-state index in [2.05, 4.69) is 22.0 Å². The summed E-state index contributed by atoms with van der Waals surface area (Å²) in [5, 5.41) is 1.11. The monoisotopic (exact) mass is 300 g/mol. The Kier molecular flexibility index (Phi) is 7.10. The lowest BCUT2D eigenvalue weighted by atomic mass is 10.0. The molecular weight excluding hydrogens is 280 g/mol. The second-order valence-electron chi connectivity index (χ2n) is 4.03. The smallest absolute Gasteiger partial charge is 0.122 e. The number of halogens is 1. The van der Waals surface area contributed by atoms with E-state index in [0.717, 1.165) is 23.2 Å². The molecule has 0 unspecified atom stereocenters. The highest BCUT2D eigenvalue weighted by Crippen LogP contribution is 2.25. The van der Waals surface area contributed by atoms with Crippen molar-refractivity contribution >= 4 is 15.9 Å². The Hall–Kier alpha value is -0.700. The van der Waals surface area contributed by atoms with Crippen LogP contribution in [-0.4, -0.2) is 19.5 Å². The van der Waals surface area contributed by atoms with Crippen LogP contribution in [0.2, 0.25) is 0 Å². The molecule has 0 radical (unpaired) electrons. The first-order valence-corrected chi connectivity index (χ1v) is 7.21. The molecule has 96 valence electrons. The summed E-state index contributed by atoms with van der Waals surface area (Å²) in [5.74, 6) is 1.87. The Morgan fingerprint density at radius 3 is 2.41 bits per heavy atom. The van der Waals surface area contributed by atoms with E-state index in [9.17, 15) is 0 Å². The van der Waals surface area contributed by atoms with E-state index in [1.54, 1.807) is 14.2 Å². The minimum atomic E-state index is 0.904. The summed E-state index contributed by atoms with van der Waals surface area (Å²) in [4.78, 5) is 0. The molecule has 0 heterocycles. The van der Waals surface area contributed by atoms with Gasteiger partial charge in [0, 0.05) is 5.33 Å². The maximum Gasteiger partial charge on any atom is 0.122 e. The lowest BCUT2D eigenvalue weighted by molar-refractivity contribution is 0.398. The summed E-state index contributed by atoms with van der Waals surface area (Å²) >= 11 is 3.45. The van der Waals surface area contributed by atoms with Gasteiger partial charge in [-0.15, -0.1) is 0 Å². The molecule has 0 amide bonds. The van der Waals surface area contributed by atoms with Crippen LogP contribution < -0.4 is 9.47 Å². The van der Waals surface area contributed by atoms with Gasteiger partial charge in [-0.25, -0.2) is 0 Å². The Bertz CT molecular complexity index is 326. The number of benzene rings is 1. The van der Waals surface area contributed by atoms with E-state index in [0.29, 0.717) is 0 Å². The van der Waals surface area contributed by atoms with Crippen molar-refractivity contribution in [3.8, 4) is 11.5 Å². The molecule has 2 nitrogen and oxygen atoms in total. The Morgan fingerprint density at radius 1 is 1.00 bits per heavy atom.